The molecule has 0 unspecified atom stereocenters. The van der Waals surface area contributed by atoms with Crippen LogP contribution in [0.4, 0.5) is 28.9 Å². The molecule has 0 radical (unpaired) electrons. The topological polar surface area (TPSA) is 90.7 Å². The molecule has 136 valence electrons. The van der Waals surface area contributed by atoms with Crippen LogP contribution in [0.25, 0.3) is 0 Å². The van der Waals surface area contributed by atoms with Crippen LogP contribution in [0.1, 0.15) is 22.3 Å². The van der Waals surface area contributed by atoms with E-state index >= 15 is 0 Å². The lowest BCUT2D eigenvalue weighted by Gasteiger charge is -2.11. The lowest BCUT2D eigenvalue weighted by molar-refractivity contribution is -0.385. The summed E-state index contributed by atoms with van der Waals surface area (Å²) in [6.45, 7) is 0. The van der Waals surface area contributed by atoms with Crippen molar-refractivity contribution in [2.75, 3.05) is 5.32 Å². The number of amides is 1. The maximum atomic E-state index is 13.1. The largest absolute Gasteiger partial charge is 0.586 e. The van der Waals surface area contributed by atoms with E-state index in [1.807, 2.05) is 0 Å². The van der Waals surface area contributed by atoms with Gasteiger partial charge in [0.25, 0.3) is 18.0 Å². The first-order valence-electron chi connectivity index (χ1n) is 6.94. The van der Waals surface area contributed by atoms with Crippen molar-refractivity contribution in [2.24, 2.45) is 0 Å². The molecule has 11 heteroatoms. The minimum atomic E-state index is -4.03. The summed E-state index contributed by atoms with van der Waals surface area (Å²) in [5.41, 5.74) is -2.28. The van der Waals surface area contributed by atoms with Crippen LogP contribution in [0.3, 0.4) is 0 Å². The van der Waals surface area contributed by atoms with Crippen LogP contribution in [0.5, 0.6) is 11.5 Å². The number of nitro benzene ring substituents is 1. The number of fused-ring (bicyclic) bond motifs is 1. The van der Waals surface area contributed by atoms with Crippen molar-refractivity contribution in [3.63, 3.8) is 0 Å². The van der Waals surface area contributed by atoms with Crippen LogP contribution in [0.2, 0.25) is 0 Å². The Morgan fingerprint density at radius 2 is 1.77 bits per heavy atom. The normalized spacial score (nSPS) is 14.3. The quantitative estimate of drug-likeness (QED) is 0.496. The van der Waals surface area contributed by atoms with Gasteiger partial charge < -0.3 is 14.8 Å². The molecule has 3 rings (SSSR count). The first-order valence-corrected chi connectivity index (χ1v) is 6.94. The Morgan fingerprint density at radius 3 is 2.38 bits per heavy atom. The SMILES string of the molecule is O=C(Nc1ccccc1C(F)F)c1cc2c(cc1[N+](=O)[O-])OC(F)(F)O2. The predicted molar refractivity (Wildman–Crippen MR) is 78.7 cm³/mol. The van der Waals surface area contributed by atoms with Gasteiger partial charge in [-0.05, 0) is 6.07 Å². The molecular formula is C15H8F4N2O5. The second-order valence-electron chi connectivity index (χ2n) is 5.08. The molecule has 1 amide bonds. The zero-order chi connectivity index (χ0) is 19.1. The number of rotatable bonds is 4. The van der Waals surface area contributed by atoms with E-state index in [9.17, 15) is 32.5 Å². The van der Waals surface area contributed by atoms with Crippen molar-refractivity contribution in [3.05, 3.63) is 57.6 Å². The number of nitro groups is 1. The molecule has 1 aliphatic heterocycles. The number of nitrogens with zero attached hydrogens (tertiary/aromatic N) is 1. The van der Waals surface area contributed by atoms with Crippen molar-refractivity contribution in [3.8, 4) is 11.5 Å². The van der Waals surface area contributed by atoms with Crippen molar-refractivity contribution in [1.82, 2.24) is 0 Å². The summed E-state index contributed by atoms with van der Waals surface area (Å²) in [7, 11) is 0. The third-order valence-corrected chi connectivity index (χ3v) is 3.41. The monoisotopic (exact) mass is 372 g/mol. The Morgan fingerprint density at radius 1 is 1.15 bits per heavy atom. The van der Waals surface area contributed by atoms with Gasteiger partial charge in [-0.2, -0.15) is 0 Å². The zero-order valence-corrected chi connectivity index (χ0v) is 12.5. The molecule has 2 aromatic rings. The van der Waals surface area contributed by atoms with Crippen LogP contribution in [-0.2, 0) is 0 Å². The predicted octanol–water partition coefficient (Wildman–Crippen LogP) is 4.11. The number of hydrogen-bond acceptors (Lipinski definition) is 5. The molecule has 1 aliphatic rings. The highest BCUT2D eigenvalue weighted by atomic mass is 19.3. The van der Waals surface area contributed by atoms with Gasteiger partial charge in [0, 0.05) is 17.3 Å². The van der Waals surface area contributed by atoms with Crippen LogP contribution in [-0.4, -0.2) is 17.1 Å². The Kier molecular flexibility index (Phi) is 4.14. The van der Waals surface area contributed by atoms with E-state index in [1.165, 1.54) is 18.2 Å². The standard InChI is InChI=1S/C15H8F4N2O5/c16-13(17)7-3-1-2-4-9(7)20-14(22)8-5-11-12(6-10(8)21(23)24)26-15(18,19)25-11/h1-6,13H,(H,20,22). The second kappa shape index (κ2) is 6.17. The van der Waals surface area contributed by atoms with Gasteiger partial charge in [0.2, 0.25) is 0 Å². The highest BCUT2D eigenvalue weighted by Gasteiger charge is 2.45. The molecule has 0 atom stereocenters. The summed E-state index contributed by atoms with van der Waals surface area (Å²) in [5.74, 6) is -2.36. The number of halogens is 4. The van der Waals surface area contributed by atoms with Crippen LogP contribution >= 0.6 is 0 Å². The smallest absolute Gasteiger partial charge is 0.395 e. The lowest BCUT2D eigenvalue weighted by Crippen LogP contribution is -2.25. The van der Waals surface area contributed by atoms with Crippen LogP contribution < -0.4 is 14.8 Å². The third-order valence-electron chi connectivity index (χ3n) is 3.41. The van der Waals surface area contributed by atoms with E-state index in [2.05, 4.69) is 14.8 Å². The Balaban J connectivity index is 1.99. The van der Waals surface area contributed by atoms with Gasteiger partial charge in [0.05, 0.1) is 11.0 Å². The highest BCUT2D eigenvalue weighted by molar-refractivity contribution is 6.08. The number of benzene rings is 2. The second-order valence-corrected chi connectivity index (χ2v) is 5.08. The fourth-order valence-corrected chi connectivity index (χ4v) is 2.31. The zero-order valence-electron chi connectivity index (χ0n) is 12.5. The van der Waals surface area contributed by atoms with E-state index in [0.717, 1.165) is 6.07 Å². The fraction of sp³-hybridized carbons (Fsp3) is 0.133. The average molecular weight is 372 g/mol. The van der Waals surface area contributed by atoms with E-state index in [-0.39, 0.29) is 5.69 Å². The Labute approximate surface area is 142 Å². The first-order chi connectivity index (χ1) is 12.2. The van der Waals surface area contributed by atoms with E-state index in [1.54, 1.807) is 0 Å². The summed E-state index contributed by atoms with van der Waals surface area (Å²) in [4.78, 5) is 22.5. The summed E-state index contributed by atoms with van der Waals surface area (Å²) < 4.78 is 60.4. The molecule has 0 saturated carbocycles. The van der Waals surface area contributed by atoms with Crippen LogP contribution in [0, 0.1) is 10.1 Å². The molecule has 0 spiro atoms. The lowest BCUT2D eigenvalue weighted by atomic mass is 10.1. The average Bonchev–Trinajstić information content (AvgIpc) is 2.86. The van der Waals surface area contributed by atoms with Gasteiger partial charge in [-0.25, -0.2) is 8.78 Å². The molecule has 7 nitrogen and oxygen atoms in total. The molecule has 0 aromatic heterocycles. The Hall–Kier alpha value is -3.37. The summed E-state index contributed by atoms with van der Waals surface area (Å²) in [6, 6.07) is 6.22. The van der Waals surface area contributed by atoms with Gasteiger partial charge in [-0.15, -0.1) is 8.78 Å². The van der Waals surface area contributed by atoms with Crippen molar-refractivity contribution < 1.29 is 36.8 Å². The summed E-state index contributed by atoms with van der Waals surface area (Å²) >= 11 is 0. The fourth-order valence-electron chi connectivity index (χ4n) is 2.31. The highest BCUT2D eigenvalue weighted by Crippen LogP contribution is 2.44. The number of ether oxygens (including phenoxy) is 2. The molecular weight excluding hydrogens is 364 g/mol. The summed E-state index contributed by atoms with van der Waals surface area (Å²) in [6.07, 6.45) is -6.94. The molecule has 0 fully saturated rings. The maximum Gasteiger partial charge on any atom is 0.586 e. The third kappa shape index (κ3) is 3.23. The molecule has 1 N–H and O–H groups in total. The van der Waals surface area contributed by atoms with Gasteiger partial charge in [-0.3, -0.25) is 14.9 Å². The molecule has 0 saturated heterocycles. The molecule has 0 aliphatic carbocycles. The minimum absolute atomic E-state index is 0.273. The van der Waals surface area contributed by atoms with Gasteiger partial charge in [-0.1, -0.05) is 18.2 Å². The number of carbonyl (C=O) groups is 1. The van der Waals surface area contributed by atoms with Gasteiger partial charge in [0.1, 0.15) is 5.56 Å². The van der Waals surface area contributed by atoms with Gasteiger partial charge >= 0.3 is 6.29 Å². The van der Waals surface area contributed by atoms with Crippen molar-refractivity contribution in [2.45, 2.75) is 12.7 Å². The maximum absolute atomic E-state index is 13.1. The molecule has 1 heterocycles. The van der Waals surface area contributed by atoms with Crippen molar-refractivity contribution in [1.29, 1.82) is 0 Å². The number of hydrogen-bond donors (Lipinski definition) is 1. The van der Waals surface area contributed by atoms with E-state index in [0.29, 0.717) is 12.1 Å². The minimum Gasteiger partial charge on any atom is -0.395 e. The molecule has 2 aromatic carbocycles. The number of carbonyl (C=O) groups excluding carboxylic acids is 1. The first kappa shape index (κ1) is 17.5. The number of alkyl halides is 4. The van der Waals surface area contributed by atoms with Gasteiger partial charge in [0.15, 0.2) is 11.5 Å². The van der Waals surface area contributed by atoms with E-state index < -0.39 is 51.9 Å². The summed E-state index contributed by atoms with van der Waals surface area (Å²) in [5, 5.41) is 13.2. The van der Waals surface area contributed by atoms with Crippen molar-refractivity contribution >= 4 is 17.3 Å². The molecule has 26 heavy (non-hydrogen) atoms. The van der Waals surface area contributed by atoms with E-state index in [4.69, 9.17) is 0 Å². The number of nitrogens with one attached hydrogen (secondary N) is 1. The van der Waals surface area contributed by atoms with Crippen LogP contribution in [0.15, 0.2) is 36.4 Å². The number of anilines is 1. The molecule has 0 bridgehead atoms. The Bertz CT molecular complexity index is 904. The number of para-hydroxylation sites is 1.